The molecule has 1 aromatic rings. The Morgan fingerprint density at radius 1 is 1.15 bits per heavy atom. The Balaban J connectivity index is 2.12. The highest BCUT2D eigenvalue weighted by molar-refractivity contribution is 5.29. The van der Waals surface area contributed by atoms with Crippen molar-refractivity contribution in [2.75, 3.05) is 13.2 Å². The van der Waals surface area contributed by atoms with Crippen LogP contribution in [0.4, 0.5) is 0 Å². The highest BCUT2D eigenvalue weighted by Gasteiger charge is 2.03. The molecule has 0 saturated heterocycles. The van der Waals surface area contributed by atoms with Crippen LogP contribution in [0.2, 0.25) is 0 Å². The summed E-state index contributed by atoms with van der Waals surface area (Å²) in [6.07, 6.45) is 5.82. The normalized spacial score (nSPS) is 11.1. The Hall–Kier alpha value is -1.09. The van der Waals surface area contributed by atoms with Gasteiger partial charge in [0, 0.05) is 11.7 Å². The molecule has 0 unspecified atom stereocenters. The van der Waals surface area contributed by atoms with Crippen LogP contribution in [-0.2, 0) is 6.42 Å². The molecule has 0 saturated carbocycles. The van der Waals surface area contributed by atoms with E-state index in [-0.39, 0.29) is 0 Å². The third-order valence-corrected chi connectivity index (χ3v) is 3.29. The predicted octanol–water partition coefficient (Wildman–Crippen LogP) is 3.89. The molecule has 114 valence electrons. The molecule has 3 heteroatoms. The van der Waals surface area contributed by atoms with Gasteiger partial charge in [-0.3, -0.25) is 4.98 Å². The zero-order chi connectivity index (χ0) is 14.8. The minimum atomic E-state index is 0.597. The van der Waals surface area contributed by atoms with E-state index in [2.05, 4.69) is 31.1 Å². The molecule has 0 bridgehead atoms. The van der Waals surface area contributed by atoms with E-state index in [1.807, 2.05) is 19.1 Å². The second-order valence-corrected chi connectivity index (χ2v) is 5.62. The summed E-state index contributed by atoms with van der Waals surface area (Å²) < 4.78 is 5.85. The van der Waals surface area contributed by atoms with Crippen molar-refractivity contribution in [1.82, 2.24) is 10.3 Å². The minimum Gasteiger partial charge on any atom is -0.492 e. The summed E-state index contributed by atoms with van der Waals surface area (Å²) in [6, 6.07) is 4.67. The first-order valence-electron chi connectivity index (χ1n) is 7.96. The van der Waals surface area contributed by atoms with Gasteiger partial charge in [-0.2, -0.15) is 0 Å². The average Bonchev–Trinajstić information content (AvgIpc) is 2.42. The SMILES string of the molecule is CCc1nc(C)ccc1OCCCCCCNC(C)C. The summed E-state index contributed by atoms with van der Waals surface area (Å²) in [4.78, 5) is 4.51. The second kappa shape index (κ2) is 9.76. The number of aromatic nitrogens is 1. The Kier molecular flexibility index (Phi) is 8.28. The quantitative estimate of drug-likeness (QED) is 0.659. The molecule has 0 amide bonds. The van der Waals surface area contributed by atoms with Gasteiger partial charge in [-0.1, -0.05) is 33.6 Å². The Bertz CT molecular complexity index is 377. The molecule has 1 rings (SSSR count). The van der Waals surface area contributed by atoms with E-state index in [4.69, 9.17) is 4.74 Å². The fourth-order valence-electron chi connectivity index (χ4n) is 2.14. The molecule has 3 nitrogen and oxygen atoms in total. The predicted molar refractivity (Wildman–Crippen MR) is 85.5 cm³/mol. The Labute approximate surface area is 124 Å². The summed E-state index contributed by atoms with van der Waals surface area (Å²) in [5.41, 5.74) is 2.14. The molecule has 1 heterocycles. The van der Waals surface area contributed by atoms with Crippen LogP contribution in [0.5, 0.6) is 5.75 Å². The van der Waals surface area contributed by atoms with Crippen LogP contribution >= 0.6 is 0 Å². The van der Waals surface area contributed by atoms with Crippen LogP contribution < -0.4 is 10.1 Å². The first-order chi connectivity index (χ1) is 9.63. The summed E-state index contributed by atoms with van der Waals surface area (Å²) in [5.74, 6) is 0.958. The molecular formula is C17H30N2O. The van der Waals surface area contributed by atoms with Gasteiger partial charge >= 0.3 is 0 Å². The summed E-state index contributed by atoms with van der Waals surface area (Å²) in [7, 11) is 0. The maximum absolute atomic E-state index is 5.85. The summed E-state index contributed by atoms with van der Waals surface area (Å²) in [6.45, 7) is 10.4. The van der Waals surface area contributed by atoms with Gasteiger partial charge in [0.1, 0.15) is 5.75 Å². The third-order valence-electron chi connectivity index (χ3n) is 3.29. The van der Waals surface area contributed by atoms with Gasteiger partial charge in [-0.15, -0.1) is 0 Å². The summed E-state index contributed by atoms with van der Waals surface area (Å²) >= 11 is 0. The standard InChI is InChI=1S/C17H30N2O/c1-5-16-17(11-10-15(4)19-16)20-13-9-7-6-8-12-18-14(2)3/h10-11,14,18H,5-9,12-13H2,1-4H3. The monoisotopic (exact) mass is 278 g/mol. The highest BCUT2D eigenvalue weighted by atomic mass is 16.5. The Morgan fingerprint density at radius 2 is 1.90 bits per heavy atom. The fraction of sp³-hybridized carbons (Fsp3) is 0.706. The van der Waals surface area contributed by atoms with E-state index in [0.717, 1.165) is 43.1 Å². The van der Waals surface area contributed by atoms with Gasteiger partial charge in [-0.25, -0.2) is 0 Å². The van der Waals surface area contributed by atoms with Crippen LogP contribution in [0.25, 0.3) is 0 Å². The van der Waals surface area contributed by atoms with Crippen molar-refractivity contribution in [3.8, 4) is 5.75 Å². The summed E-state index contributed by atoms with van der Waals surface area (Å²) in [5, 5.41) is 3.44. The van der Waals surface area contributed by atoms with Gasteiger partial charge in [-0.05, 0) is 44.9 Å². The van der Waals surface area contributed by atoms with Crippen molar-refractivity contribution in [3.05, 3.63) is 23.5 Å². The van der Waals surface area contributed by atoms with E-state index in [9.17, 15) is 0 Å². The maximum atomic E-state index is 5.85. The van der Waals surface area contributed by atoms with Crippen LogP contribution in [-0.4, -0.2) is 24.2 Å². The number of hydrogen-bond donors (Lipinski definition) is 1. The second-order valence-electron chi connectivity index (χ2n) is 5.62. The molecule has 0 aromatic carbocycles. The van der Waals surface area contributed by atoms with Crippen molar-refractivity contribution < 1.29 is 4.74 Å². The zero-order valence-electron chi connectivity index (χ0n) is 13.5. The van der Waals surface area contributed by atoms with Crippen LogP contribution in [0.3, 0.4) is 0 Å². The van der Waals surface area contributed by atoms with Gasteiger partial charge < -0.3 is 10.1 Å². The van der Waals surface area contributed by atoms with E-state index < -0.39 is 0 Å². The lowest BCUT2D eigenvalue weighted by Crippen LogP contribution is -2.23. The van der Waals surface area contributed by atoms with Gasteiger partial charge in [0.05, 0.1) is 12.3 Å². The third kappa shape index (κ3) is 6.90. The lowest BCUT2D eigenvalue weighted by atomic mass is 10.2. The molecule has 0 fully saturated rings. The van der Waals surface area contributed by atoms with E-state index >= 15 is 0 Å². The van der Waals surface area contributed by atoms with E-state index in [1.54, 1.807) is 0 Å². The molecule has 0 atom stereocenters. The van der Waals surface area contributed by atoms with Crippen molar-refractivity contribution in [2.24, 2.45) is 0 Å². The van der Waals surface area contributed by atoms with E-state index in [1.165, 1.54) is 19.3 Å². The smallest absolute Gasteiger partial charge is 0.140 e. The van der Waals surface area contributed by atoms with Crippen molar-refractivity contribution in [1.29, 1.82) is 0 Å². The van der Waals surface area contributed by atoms with Crippen molar-refractivity contribution >= 4 is 0 Å². The molecule has 0 aliphatic carbocycles. The van der Waals surface area contributed by atoms with Gasteiger partial charge in [0.15, 0.2) is 0 Å². The topological polar surface area (TPSA) is 34.1 Å². The molecule has 0 aliphatic rings. The molecule has 1 aromatic heterocycles. The fourth-order valence-corrected chi connectivity index (χ4v) is 2.14. The van der Waals surface area contributed by atoms with Crippen LogP contribution in [0, 0.1) is 6.92 Å². The number of unbranched alkanes of at least 4 members (excludes halogenated alkanes) is 3. The number of ether oxygens (including phenoxy) is 1. The number of pyridine rings is 1. The molecule has 1 N–H and O–H groups in total. The molecule has 0 radical (unpaired) electrons. The largest absolute Gasteiger partial charge is 0.492 e. The lowest BCUT2D eigenvalue weighted by Gasteiger charge is -2.10. The van der Waals surface area contributed by atoms with Gasteiger partial charge in [0.25, 0.3) is 0 Å². The molecular weight excluding hydrogens is 248 g/mol. The van der Waals surface area contributed by atoms with Crippen LogP contribution in [0.1, 0.15) is 57.8 Å². The van der Waals surface area contributed by atoms with Crippen molar-refractivity contribution in [3.63, 3.8) is 0 Å². The lowest BCUT2D eigenvalue weighted by molar-refractivity contribution is 0.300. The number of aryl methyl sites for hydroxylation is 2. The van der Waals surface area contributed by atoms with Crippen LogP contribution in [0.15, 0.2) is 12.1 Å². The number of nitrogens with zero attached hydrogens (tertiary/aromatic N) is 1. The maximum Gasteiger partial charge on any atom is 0.140 e. The molecule has 0 aliphatic heterocycles. The number of hydrogen-bond acceptors (Lipinski definition) is 3. The van der Waals surface area contributed by atoms with E-state index in [0.29, 0.717) is 6.04 Å². The first kappa shape index (κ1) is 17.0. The average molecular weight is 278 g/mol. The molecule has 20 heavy (non-hydrogen) atoms. The number of nitrogens with one attached hydrogen (secondary N) is 1. The first-order valence-corrected chi connectivity index (χ1v) is 7.96. The molecule has 0 spiro atoms. The minimum absolute atomic E-state index is 0.597. The number of rotatable bonds is 10. The highest BCUT2D eigenvalue weighted by Crippen LogP contribution is 2.17. The van der Waals surface area contributed by atoms with Crippen molar-refractivity contribution in [2.45, 2.75) is 65.8 Å². The Morgan fingerprint density at radius 3 is 2.60 bits per heavy atom. The van der Waals surface area contributed by atoms with Gasteiger partial charge in [0.2, 0.25) is 0 Å². The zero-order valence-corrected chi connectivity index (χ0v) is 13.5.